The zero-order valence-corrected chi connectivity index (χ0v) is 14.8. The summed E-state index contributed by atoms with van der Waals surface area (Å²) in [6.45, 7) is 6.10. The molecule has 2 N–H and O–H groups in total. The first-order chi connectivity index (χ1) is 11.3. The second kappa shape index (κ2) is 7.60. The van der Waals surface area contributed by atoms with E-state index in [1.54, 1.807) is 42.5 Å². The summed E-state index contributed by atoms with van der Waals surface area (Å²) >= 11 is 6.03. The van der Waals surface area contributed by atoms with Gasteiger partial charge in [0, 0.05) is 21.7 Å². The molecule has 24 heavy (non-hydrogen) atoms. The molecule has 2 rings (SSSR count). The molecule has 5 heteroatoms. The van der Waals surface area contributed by atoms with Crippen molar-refractivity contribution < 1.29 is 9.59 Å². The third-order valence-corrected chi connectivity index (χ3v) is 3.55. The molecule has 126 valence electrons. The average molecular weight is 345 g/mol. The molecule has 0 spiro atoms. The van der Waals surface area contributed by atoms with Crippen molar-refractivity contribution in [3.05, 3.63) is 64.7 Å². The standard InChI is InChI=1S/C19H21ClN2O2/c1-19(2,3)21-12-17(23)22-16-10-9-14(20)11-15(16)18(24)13-7-5-4-6-8-13/h4-11,21H,12H2,1-3H3,(H,22,23). The van der Waals surface area contributed by atoms with Crippen LogP contribution >= 0.6 is 11.6 Å². The monoisotopic (exact) mass is 344 g/mol. The summed E-state index contributed by atoms with van der Waals surface area (Å²) in [5, 5.41) is 6.34. The molecule has 0 aliphatic carbocycles. The van der Waals surface area contributed by atoms with Gasteiger partial charge in [-0.1, -0.05) is 41.9 Å². The van der Waals surface area contributed by atoms with Crippen molar-refractivity contribution in [2.24, 2.45) is 0 Å². The molecule has 2 aromatic rings. The van der Waals surface area contributed by atoms with E-state index >= 15 is 0 Å². The molecular formula is C19H21ClN2O2. The first-order valence-corrected chi connectivity index (χ1v) is 8.08. The van der Waals surface area contributed by atoms with E-state index in [2.05, 4.69) is 10.6 Å². The van der Waals surface area contributed by atoms with E-state index in [4.69, 9.17) is 11.6 Å². The predicted molar refractivity (Wildman–Crippen MR) is 97.7 cm³/mol. The largest absolute Gasteiger partial charge is 0.324 e. The third kappa shape index (κ3) is 5.18. The van der Waals surface area contributed by atoms with Crippen molar-refractivity contribution in [1.29, 1.82) is 0 Å². The minimum atomic E-state index is -0.214. The van der Waals surface area contributed by atoms with Crippen LogP contribution in [0.3, 0.4) is 0 Å². The van der Waals surface area contributed by atoms with Gasteiger partial charge < -0.3 is 10.6 Å². The molecule has 0 saturated carbocycles. The van der Waals surface area contributed by atoms with E-state index in [1.807, 2.05) is 26.8 Å². The number of ketones is 1. The average Bonchev–Trinajstić information content (AvgIpc) is 2.54. The SMILES string of the molecule is CC(C)(C)NCC(=O)Nc1ccc(Cl)cc1C(=O)c1ccccc1. The first-order valence-electron chi connectivity index (χ1n) is 7.70. The predicted octanol–water partition coefficient (Wildman–Crippen LogP) is 3.90. The molecule has 2 aromatic carbocycles. The molecule has 0 atom stereocenters. The number of hydrogen-bond acceptors (Lipinski definition) is 3. The molecule has 0 aliphatic rings. The lowest BCUT2D eigenvalue weighted by Gasteiger charge is -2.20. The van der Waals surface area contributed by atoms with Gasteiger partial charge >= 0.3 is 0 Å². The lowest BCUT2D eigenvalue weighted by atomic mass is 10.0. The molecule has 0 aromatic heterocycles. The Hall–Kier alpha value is -2.17. The highest BCUT2D eigenvalue weighted by atomic mass is 35.5. The fraction of sp³-hybridized carbons (Fsp3) is 0.263. The van der Waals surface area contributed by atoms with Gasteiger partial charge in [-0.3, -0.25) is 9.59 Å². The Morgan fingerprint density at radius 2 is 1.71 bits per heavy atom. The summed E-state index contributed by atoms with van der Waals surface area (Å²) in [5.41, 5.74) is 1.20. The normalized spacial score (nSPS) is 11.2. The minimum absolute atomic E-state index is 0.158. The highest BCUT2D eigenvalue weighted by Crippen LogP contribution is 2.23. The Morgan fingerprint density at radius 1 is 1.04 bits per heavy atom. The molecule has 1 amide bonds. The zero-order chi connectivity index (χ0) is 17.7. The quantitative estimate of drug-likeness (QED) is 0.809. The van der Waals surface area contributed by atoms with Crippen molar-refractivity contribution in [1.82, 2.24) is 5.32 Å². The molecule has 0 saturated heterocycles. The summed E-state index contributed by atoms with van der Waals surface area (Å²) in [6, 6.07) is 13.8. The number of carbonyl (C=O) groups is 2. The van der Waals surface area contributed by atoms with Gasteiger partial charge in [0.25, 0.3) is 0 Å². The third-order valence-electron chi connectivity index (χ3n) is 3.32. The maximum absolute atomic E-state index is 12.7. The maximum Gasteiger partial charge on any atom is 0.238 e. The molecular weight excluding hydrogens is 324 g/mol. The van der Waals surface area contributed by atoms with Crippen LogP contribution in [0.5, 0.6) is 0 Å². The van der Waals surface area contributed by atoms with E-state index < -0.39 is 0 Å². The second-order valence-electron chi connectivity index (χ2n) is 6.54. The van der Waals surface area contributed by atoms with Gasteiger partial charge in [-0.15, -0.1) is 0 Å². The van der Waals surface area contributed by atoms with Crippen LogP contribution in [0, 0.1) is 0 Å². The number of benzene rings is 2. The highest BCUT2D eigenvalue weighted by molar-refractivity contribution is 6.31. The van der Waals surface area contributed by atoms with Crippen LogP contribution in [0.4, 0.5) is 5.69 Å². The van der Waals surface area contributed by atoms with E-state index in [-0.39, 0.29) is 23.8 Å². The van der Waals surface area contributed by atoms with Gasteiger partial charge in [-0.25, -0.2) is 0 Å². The van der Waals surface area contributed by atoms with Crippen molar-refractivity contribution >= 4 is 29.0 Å². The Labute approximate surface area is 147 Å². The van der Waals surface area contributed by atoms with E-state index in [0.29, 0.717) is 21.8 Å². The number of hydrogen-bond donors (Lipinski definition) is 2. The second-order valence-corrected chi connectivity index (χ2v) is 6.97. The lowest BCUT2D eigenvalue weighted by molar-refractivity contribution is -0.115. The van der Waals surface area contributed by atoms with Crippen molar-refractivity contribution in [3.8, 4) is 0 Å². The van der Waals surface area contributed by atoms with Crippen LogP contribution in [-0.2, 0) is 4.79 Å². The minimum Gasteiger partial charge on any atom is -0.324 e. The number of halogens is 1. The van der Waals surface area contributed by atoms with Crippen LogP contribution in [0.1, 0.15) is 36.7 Å². The van der Waals surface area contributed by atoms with Crippen LogP contribution in [0.2, 0.25) is 5.02 Å². The molecule has 4 nitrogen and oxygen atoms in total. The van der Waals surface area contributed by atoms with Crippen molar-refractivity contribution in [2.45, 2.75) is 26.3 Å². The zero-order valence-electron chi connectivity index (χ0n) is 14.0. The summed E-state index contributed by atoms with van der Waals surface area (Å²) in [4.78, 5) is 24.8. The van der Waals surface area contributed by atoms with Gasteiger partial charge in [-0.2, -0.15) is 0 Å². The molecule has 0 radical (unpaired) electrons. The summed E-state index contributed by atoms with van der Waals surface area (Å²) in [6.07, 6.45) is 0. The molecule has 0 unspecified atom stereocenters. The topological polar surface area (TPSA) is 58.2 Å². The van der Waals surface area contributed by atoms with Crippen molar-refractivity contribution in [2.75, 3.05) is 11.9 Å². The van der Waals surface area contributed by atoms with Crippen LogP contribution in [0.25, 0.3) is 0 Å². The van der Waals surface area contributed by atoms with Crippen molar-refractivity contribution in [3.63, 3.8) is 0 Å². The molecule has 0 bridgehead atoms. The van der Waals surface area contributed by atoms with Crippen LogP contribution < -0.4 is 10.6 Å². The van der Waals surface area contributed by atoms with E-state index in [0.717, 1.165) is 0 Å². The highest BCUT2D eigenvalue weighted by Gasteiger charge is 2.17. The van der Waals surface area contributed by atoms with E-state index in [9.17, 15) is 9.59 Å². The number of carbonyl (C=O) groups excluding carboxylic acids is 2. The summed E-state index contributed by atoms with van der Waals surface area (Å²) in [5.74, 6) is -0.397. The summed E-state index contributed by atoms with van der Waals surface area (Å²) in [7, 11) is 0. The number of amides is 1. The Morgan fingerprint density at radius 3 is 2.33 bits per heavy atom. The maximum atomic E-state index is 12.7. The lowest BCUT2D eigenvalue weighted by Crippen LogP contribution is -2.41. The van der Waals surface area contributed by atoms with Gasteiger partial charge in [0.15, 0.2) is 5.78 Å². The first kappa shape index (κ1) is 18.2. The van der Waals surface area contributed by atoms with Gasteiger partial charge in [0.2, 0.25) is 5.91 Å². The van der Waals surface area contributed by atoms with Crippen LogP contribution in [0.15, 0.2) is 48.5 Å². The Bertz CT molecular complexity index is 737. The Kier molecular flexibility index (Phi) is 5.75. The van der Waals surface area contributed by atoms with Crippen LogP contribution in [-0.4, -0.2) is 23.8 Å². The van der Waals surface area contributed by atoms with E-state index in [1.165, 1.54) is 0 Å². The molecule has 0 fully saturated rings. The fourth-order valence-electron chi connectivity index (χ4n) is 2.10. The molecule has 0 heterocycles. The van der Waals surface area contributed by atoms with Gasteiger partial charge in [0.1, 0.15) is 0 Å². The molecule has 0 aliphatic heterocycles. The number of rotatable bonds is 5. The Balaban J connectivity index is 2.22. The summed E-state index contributed by atoms with van der Waals surface area (Å²) < 4.78 is 0. The number of anilines is 1. The van der Waals surface area contributed by atoms with Gasteiger partial charge in [0.05, 0.1) is 12.2 Å². The van der Waals surface area contributed by atoms with Gasteiger partial charge in [-0.05, 0) is 39.0 Å². The number of nitrogens with one attached hydrogen (secondary N) is 2. The fourth-order valence-corrected chi connectivity index (χ4v) is 2.27. The smallest absolute Gasteiger partial charge is 0.238 e.